The molecule has 184 valence electrons. The fourth-order valence-electron chi connectivity index (χ4n) is 3.74. The van der Waals surface area contributed by atoms with Gasteiger partial charge in [0.05, 0.1) is 0 Å². The number of likely N-dealkylation sites (tertiary alicyclic amines) is 1. The molecule has 0 atom stereocenters. The topological polar surface area (TPSA) is 95.2 Å². The second kappa shape index (κ2) is 10.4. The highest BCUT2D eigenvalue weighted by atomic mass is 35.5. The average Bonchev–Trinajstić information content (AvgIpc) is 2.77. The minimum absolute atomic E-state index is 0.0276. The van der Waals surface area contributed by atoms with Crippen molar-refractivity contribution in [2.24, 2.45) is 7.05 Å². The van der Waals surface area contributed by atoms with E-state index in [0.29, 0.717) is 34.7 Å². The maximum Gasteiger partial charge on any atom is 0.397 e. The first kappa shape index (κ1) is 26.0. The summed E-state index contributed by atoms with van der Waals surface area (Å²) in [6.07, 6.45) is -3.31. The second-order valence-corrected chi connectivity index (χ2v) is 8.67. The molecule has 1 aliphatic heterocycles. The van der Waals surface area contributed by atoms with Crippen molar-refractivity contribution in [3.8, 4) is 6.07 Å². The van der Waals surface area contributed by atoms with Crippen LogP contribution in [0.25, 0.3) is 6.08 Å². The Morgan fingerprint density at radius 2 is 1.86 bits per heavy atom. The van der Waals surface area contributed by atoms with Crippen LogP contribution in [-0.4, -0.2) is 40.5 Å². The van der Waals surface area contributed by atoms with Crippen LogP contribution < -0.4 is 10.9 Å². The Bertz CT molecular complexity index is 1300. The molecule has 0 radical (unpaired) electrons. The number of hydrogen-bond donors (Lipinski definition) is 1. The summed E-state index contributed by atoms with van der Waals surface area (Å²) in [5.41, 5.74) is 2.31. The fraction of sp³-hybridized carbons (Fsp3) is 0.333. The summed E-state index contributed by atoms with van der Waals surface area (Å²) < 4.78 is 38.6. The van der Waals surface area contributed by atoms with Gasteiger partial charge in [-0.25, -0.2) is 0 Å². The SMILES string of the molecule is Cc1c(C=C2CCN(C(=O)CC(F)(F)F)CC2)cc(Cl)cc1NC(=O)c1cc(C#N)n(C)c(=O)c1. The van der Waals surface area contributed by atoms with E-state index >= 15 is 0 Å². The highest BCUT2D eigenvalue weighted by molar-refractivity contribution is 6.31. The number of carbonyl (C=O) groups excluding carboxylic acids is 2. The van der Waals surface area contributed by atoms with Crippen LogP contribution in [0, 0.1) is 18.3 Å². The van der Waals surface area contributed by atoms with Gasteiger partial charge in [0.2, 0.25) is 5.91 Å². The maximum atomic E-state index is 12.8. The highest BCUT2D eigenvalue weighted by Gasteiger charge is 2.34. The van der Waals surface area contributed by atoms with Crippen LogP contribution in [0.2, 0.25) is 5.02 Å². The summed E-state index contributed by atoms with van der Waals surface area (Å²) in [4.78, 5) is 37.8. The molecule has 1 saturated heterocycles. The number of anilines is 1. The van der Waals surface area contributed by atoms with Crippen LogP contribution >= 0.6 is 11.6 Å². The second-order valence-electron chi connectivity index (χ2n) is 8.24. The molecule has 0 spiro atoms. The third kappa shape index (κ3) is 6.51. The van der Waals surface area contributed by atoms with Gasteiger partial charge in [0.15, 0.2) is 0 Å². The number of pyridine rings is 1. The van der Waals surface area contributed by atoms with Crippen molar-refractivity contribution in [1.29, 1.82) is 5.26 Å². The van der Waals surface area contributed by atoms with Crippen molar-refractivity contribution in [1.82, 2.24) is 9.47 Å². The van der Waals surface area contributed by atoms with Crippen molar-refractivity contribution in [3.05, 3.63) is 67.6 Å². The minimum atomic E-state index is -4.53. The van der Waals surface area contributed by atoms with Crippen LogP contribution in [0.1, 0.15) is 46.4 Å². The Hall–Kier alpha value is -3.58. The third-order valence-corrected chi connectivity index (χ3v) is 5.99. The predicted molar refractivity (Wildman–Crippen MR) is 125 cm³/mol. The van der Waals surface area contributed by atoms with Crippen LogP contribution in [-0.2, 0) is 11.8 Å². The zero-order valence-electron chi connectivity index (χ0n) is 19.0. The molecule has 1 N–H and O–H groups in total. The number of nitrogens with one attached hydrogen (secondary N) is 1. The van der Waals surface area contributed by atoms with Crippen molar-refractivity contribution in [2.45, 2.75) is 32.4 Å². The molecular weight excluding hydrogens is 485 g/mol. The van der Waals surface area contributed by atoms with Crippen molar-refractivity contribution in [3.63, 3.8) is 0 Å². The van der Waals surface area contributed by atoms with E-state index in [2.05, 4.69) is 5.32 Å². The summed E-state index contributed by atoms with van der Waals surface area (Å²) in [6, 6.07) is 7.57. The first-order chi connectivity index (χ1) is 16.4. The van der Waals surface area contributed by atoms with E-state index in [4.69, 9.17) is 11.6 Å². The van der Waals surface area contributed by atoms with Gasteiger partial charge in [0.1, 0.15) is 18.2 Å². The normalized spacial score (nSPS) is 13.9. The van der Waals surface area contributed by atoms with E-state index in [9.17, 15) is 32.8 Å². The number of nitriles is 1. The van der Waals surface area contributed by atoms with Crippen LogP contribution in [0.5, 0.6) is 0 Å². The number of amides is 2. The standard InChI is InChI=1S/C24H22ClF3N4O3/c1-14-16(7-15-3-5-32(6-4-15)22(34)12-24(26,27)28)8-18(25)11-20(14)30-23(35)17-9-19(13-29)31(2)21(33)10-17/h7-11H,3-6,12H2,1-2H3,(H,30,35). The van der Waals surface area contributed by atoms with Crippen LogP contribution in [0.3, 0.4) is 0 Å². The molecule has 2 amide bonds. The molecule has 0 saturated carbocycles. The average molecular weight is 507 g/mol. The molecule has 1 aliphatic rings. The van der Waals surface area contributed by atoms with Crippen molar-refractivity contribution in [2.75, 3.05) is 18.4 Å². The Morgan fingerprint density at radius 3 is 2.46 bits per heavy atom. The van der Waals surface area contributed by atoms with Crippen LogP contribution in [0.15, 0.2) is 34.6 Å². The van der Waals surface area contributed by atoms with Gasteiger partial charge in [-0.1, -0.05) is 23.3 Å². The zero-order chi connectivity index (χ0) is 25.9. The largest absolute Gasteiger partial charge is 0.397 e. The smallest absolute Gasteiger partial charge is 0.342 e. The summed E-state index contributed by atoms with van der Waals surface area (Å²) in [6.45, 7) is 2.15. The first-order valence-electron chi connectivity index (χ1n) is 10.6. The van der Waals surface area contributed by atoms with E-state index in [0.717, 1.165) is 16.2 Å². The summed E-state index contributed by atoms with van der Waals surface area (Å²) in [7, 11) is 1.43. The van der Waals surface area contributed by atoms with Crippen molar-refractivity contribution >= 4 is 35.2 Å². The number of rotatable bonds is 4. The molecule has 35 heavy (non-hydrogen) atoms. The van der Waals surface area contributed by atoms with E-state index in [-0.39, 0.29) is 24.3 Å². The maximum absolute atomic E-state index is 12.8. The van der Waals surface area contributed by atoms with E-state index in [1.165, 1.54) is 18.0 Å². The van der Waals surface area contributed by atoms with Gasteiger partial charge < -0.3 is 14.8 Å². The van der Waals surface area contributed by atoms with Crippen LogP contribution in [0.4, 0.5) is 18.9 Å². The van der Waals surface area contributed by atoms with Gasteiger partial charge in [0.25, 0.3) is 11.5 Å². The molecule has 11 heteroatoms. The van der Waals surface area contributed by atoms with Crippen molar-refractivity contribution < 1.29 is 22.8 Å². The molecule has 1 fully saturated rings. The highest BCUT2D eigenvalue weighted by Crippen LogP contribution is 2.30. The predicted octanol–water partition coefficient (Wildman–Crippen LogP) is 4.43. The monoisotopic (exact) mass is 506 g/mol. The molecule has 0 aliphatic carbocycles. The lowest BCUT2D eigenvalue weighted by Gasteiger charge is -2.29. The van der Waals surface area contributed by atoms with E-state index in [1.54, 1.807) is 19.1 Å². The fourth-order valence-corrected chi connectivity index (χ4v) is 3.96. The number of piperidine rings is 1. The Balaban J connectivity index is 1.78. The number of aromatic nitrogens is 1. The molecule has 2 aromatic rings. The number of halogens is 4. The number of nitrogens with zero attached hydrogens (tertiary/aromatic N) is 3. The van der Waals surface area contributed by atoms with E-state index < -0.39 is 30.0 Å². The Labute approximate surface area is 204 Å². The lowest BCUT2D eigenvalue weighted by Crippen LogP contribution is -2.38. The lowest BCUT2D eigenvalue weighted by atomic mass is 9.97. The minimum Gasteiger partial charge on any atom is -0.342 e. The molecule has 1 aromatic carbocycles. The molecule has 0 bridgehead atoms. The Morgan fingerprint density at radius 1 is 1.20 bits per heavy atom. The first-order valence-corrected chi connectivity index (χ1v) is 11.0. The van der Waals surface area contributed by atoms with Gasteiger partial charge in [-0.2, -0.15) is 18.4 Å². The quantitative estimate of drug-likeness (QED) is 0.663. The lowest BCUT2D eigenvalue weighted by molar-refractivity contribution is -0.161. The number of alkyl halides is 3. The summed E-state index contributed by atoms with van der Waals surface area (Å²) in [5, 5.41) is 12.2. The van der Waals surface area contributed by atoms with E-state index in [1.807, 2.05) is 12.1 Å². The number of benzene rings is 1. The third-order valence-electron chi connectivity index (χ3n) is 5.77. The van der Waals surface area contributed by atoms with Gasteiger partial charge >= 0.3 is 6.18 Å². The molecule has 7 nitrogen and oxygen atoms in total. The number of carbonyl (C=O) groups is 2. The molecule has 3 rings (SSSR count). The zero-order valence-corrected chi connectivity index (χ0v) is 19.8. The molecule has 1 aromatic heterocycles. The van der Waals surface area contributed by atoms with Gasteiger partial charge in [-0.3, -0.25) is 14.4 Å². The van der Waals surface area contributed by atoms with Gasteiger partial charge in [0, 0.05) is 42.5 Å². The molecular formula is C24H22ClF3N4O3. The molecule has 0 unspecified atom stereocenters. The summed E-state index contributed by atoms with van der Waals surface area (Å²) >= 11 is 6.25. The summed E-state index contributed by atoms with van der Waals surface area (Å²) in [5.74, 6) is -1.52. The molecule has 2 heterocycles. The Kier molecular flexibility index (Phi) is 7.70. The number of hydrogen-bond acceptors (Lipinski definition) is 4. The van der Waals surface area contributed by atoms with Gasteiger partial charge in [-0.05, 0) is 49.1 Å². The van der Waals surface area contributed by atoms with Gasteiger partial charge in [-0.15, -0.1) is 0 Å².